The number of amides is 2. The predicted molar refractivity (Wildman–Crippen MR) is 98.6 cm³/mol. The fraction of sp³-hybridized carbons (Fsp3) is 0.316. The quantitative estimate of drug-likeness (QED) is 0.854. The molecule has 1 heterocycles. The molecule has 1 aliphatic rings. The van der Waals surface area contributed by atoms with Crippen molar-refractivity contribution in [3.8, 4) is 11.5 Å². The molecule has 2 amide bonds. The molecule has 0 bridgehead atoms. The minimum Gasteiger partial charge on any atom is -0.457 e. The number of nitrogens with one attached hydrogen (secondary N) is 1. The molecular formula is C19H21ClN2O3. The maximum atomic E-state index is 12.3. The average molecular weight is 361 g/mol. The number of carbonyl (C=O) groups is 1. The molecule has 5 nitrogen and oxygen atoms in total. The molecule has 0 saturated carbocycles. The van der Waals surface area contributed by atoms with Crippen LogP contribution in [0.3, 0.4) is 0 Å². The van der Waals surface area contributed by atoms with Crippen LogP contribution in [0.15, 0.2) is 48.5 Å². The number of ether oxygens (including phenoxy) is 2. The lowest BCUT2D eigenvalue weighted by Gasteiger charge is -2.31. The number of rotatable bonds is 4. The summed E-state index contributed by atoms with van der Waals surface area (Å²) in [6.07, 6.45) is 1.75. The van der Waals surface area contributed by atoms with Crippen molar-refractivity contribution in [1.29, 1.82) is 0 Å². The first-order valence-corrected chi connectivity index (χ1v) is 8.64. The first-order chi connectivity index (χ1) is 12.1. The van der Waals surface area contributed by atoms with Crippen molar-refractivity contribution < 1.29 is 14.3 Å². The minimum absolute atomic E-state index is 0.113. The molecule has 0 atom stereocenters. The van der Waals surface area contributed by atoms with Gasteiger partial charge in [0.25, 0.3) is 0 Å². The summed E-state index contributed by atoms with van der Waals surface area (Å²) in [5, 5.41) is 3.58. The zero-order valence-corrected chi connectivity index (χ0v) is 14.8. The summed E-state index contributed by atoms with van der Waals surface area (Å²) in [6, 6.07) is 14.6. The molecule has 132 valence electrons. The number of hydrogen-bond donors (Lipinski definition) is 1. The van der Waals surface area contributed by atoms with Crippen LogP contribution in [0.5, 0.6) is 11.5 Å². The molecule has 2 aromatic carbocycles. The Morgan fingerprint density at radius 3 is 2.24 bits per heavy atom. The summed E-state index contributed by atoms with van der Waals surface area (Å²) >= 11 is 5.86. The molecule has 0 aromatic heterocycles. The van der Waals surface area contributed by atoms with E-state index >= 15 is 0 Å². The Morgan fingerprint density at radius 1 is 1.08 bits per heavy atom. The zero-order chi connectivity index (χ0) is 17.6. The zero-order valence-electron chi connectivity index (χ0n) is 14.1. The molecule has 1 N–H and O–H groups in total. The van der Waals surface area contributed by atoms with Gasteiger partial charge in [-0.15, -0.1) is 0 Å². The SMILES string of the molecule is CN(C(=O)Nc1ccc(Oc2ccc(Cl)cc2)cc1)C1CCOCC1. The smallest absolute Gasteiger partial charge is 0.321 e. The van der Waals surface area contributed by atoms with Crippen LogP contribution >= 0.6 is 11.6 Å². The number of anilines is 1. The van der Waals surface area contributed by atoms with Crippen LogP contribution < -0.4 is 10.1 Å². The first-order valence-electron chi connectivity index (χ1n) is 8.27. The molecule has 1 saturated heterocycles. The van der Waals surface area contributed by atoms with Gasteiger partial charge in [0, 0.05) is 37.0 Å². The number of urea groups is 1. The van der Waals surface area contributed by atoms with Gasteiger partial charge in [-0.05, 0) is 61.4 Å². The van der Waals surface area contributed by atoms with Gasteiger partial charge in [0.15, 0.2) is 0 Å². The van der Waals surface area contributed by atoms with Crippen LogP contribution in [0, 0.1) is 0 Å². The number of benzene rings is 2. The molecular weight excluding hydrogens is 340 g/mol. The summed E-state index contributed by atoms with van der Waals surface area (Å²) in [4.78, 5) is 14.1. The van der Waals surface area contributed by atoms with Gasteiger partial charge in [0.05, 0.1) is 0 Å². The second-order valence-electron chi connectivity index (χ2n) is 5.96. The molecule has 3 rings (SSSR count). The molecule has 2 aromatic rings. The minimum atomic E-state index is -0.113. The Kier molecular flexibility index (Phi) is 5.79. The topological polar surface area (TPSA) is 50.8 Å². The first kappa shape index (κ1) is 17.6. The van der Waals surface area contributed by atoms with Crippen molar-refractivity contribution in [2.45, 2.75) is 18.9 Å². The van der Waals surface area contributed by atoms with Crippen LogP contribution in [0.25, 0.3) is 0 Å². The molecule has 1 aliphatic heterocycles. The Labute approximate surface area is 152 Å². The molecule has 0 radical (unpaired) electrons. The van der Waals surface area contributed by atoms with Crippen LogP contribution in [0.4, 0.5) is 10.5 Å². The normalized spacial score (nSPS) is 14.8. The van der Waals surface area contributed by atoms with Crippen molar-refractivity contribution in [3.63, 3.8) is 0 Å². The molecule has 0 aliphatic carbocycles. The van der Waals surface area contributed by atoms with Gasteiger partial charge >= 0.3 is 6.03 Å². The van der Waals surface area contributed by atoms with E-state index < -0.39 is 0 Å². The number of nitrogens with zero attached hydrogens (tertiary/aromatic N) is 1. The summed E-state index contributed by atoms with van der Waals surface area (Å²) in [5.74, 6) is 1.40. The Morgan fingerprint density at radius 2 is 1.64 bits per heavy atom. The third-order valence-electron chi connectivity index (χ3n) is 4.21. The van der Waals surface area contributed by atoms with E-state index in [4.69, 9.17) is 21.1 Å². The Hall–Kier alpha value is -2.24. The van der Waals surface area contributed by atoms with Gasteiger partial charge in [-0.25, -0.2) is 4.79 Å². The van der Waals surface area contributed by atoms with E-state index in [1.165, 1.54) is 0 Å². The summed E-state index contributed by atoms with van der Waals surface area (Å²) in [6.45, 7) is 1.41. The van der Waals surface area contributed by atoms with Gasteiger partial charge in [-0.2, -0.15) is 0 Å². The number of halogens is 1. The van der Waals surface area contributed by atoms with E-state index in [1.807, 2.05) is 31.3 Å². The van der Waals surface area contributed by atoms with Crippen LogP contribution in [0.2, 0.25) is 5.02 Å². The fourth-order valence-electron chi connectivity index (χ4n) is 2.69. The third kappa shape index (κ3) is 4.87. The van der Waals surface area contributed by atoms with Gasteiger partial charge in [0.1, 0.15) is 11.5 Å². The molecule has 0 unspecified atom stereocenters. The molecule has 0 spiro atoms. The van der Waals surface area contributed by atoms with Crippen molar-refractivity contribution in [2.75, 3.05) is 25.6 Å². The monoisotopic (exact) mass is 360 g/mol. The predicted octanol–water partition coefficient (Wildman–Crippen LogP) is 4.78. The van der Waals surface area contributed by atoms with Crippen molar-refractivity contribution in [2.24, 2.45) is 0 Å². The van der Waals surface area contributed by atoms with Gasteiger partial charge in [-0.3, -0.25) is 0 Å². The van der Waals surface area contributed by atoms with Crippen molar-refractivity contribution in [3.05, 3.63) is 53.6 Å². The fourth-order valence-corrected chi connectivity index (χ4v) is 2.82. The van der Waals surface area contributed by atoms with Gasteiger partial charge in [-0.1, -0.05) is 11.6 Å². The van der Waals surface area contributed by atoms with E-state index in [2.05, 4.69) is 5.32 Å². The van der Waals surface area contributed by atoms with E-state index in [9.17, 15) is 4.79 Å². The summed E-state index contributed by atoms with van der Waals surface area (Å²) < 4.78 is 11.1. The van der Waals surface area contributed by atoms with Crippen molar-refractivity contribution in [1.82, 2.24) is 4.90 Å². The standard InChI is InChI=1S/C19H21ClN2O3/c1-22(16-10-12-24-13-11-16)19(23)21-15-4-8-18(9-5-15)25-17-6-2-14(20)3-7-17/h2-9,16H,10-13H2,1H3,(H,21,23). The third-order valence-corrected chi connectivity index (χ3v) is 4.47. The molecule has 1 fully saturated rings. The maximum absolute atomic E-state index is 12.3. The van der Waals surface area contributed by atoms with Gasteiger partial charge < -0.3 is 19.7 Å². The summed E-state index contributed by atoms with van der Waals surface area (Å²) in [5.41, 5.74) is 0.729. The molecule has 6 heteroatoms. The lowest BCUT2D eigenvalue weighted by molar-refractivity contribution is 0.0544. The van der Waals surface area contributed by atoms with Crippen LogP contribution in [-0.4, -0.2) is 37.2 Å². The van der Waals surface area contributed by atoms with E-state index in [-0.39, 0.29) is 12.1 Å². The highest BCUT2D eigenvalue weighted by Crippen LogP contribution is 2.24. The summed E-state index contributed by atoms with van der Waals surface area (Å²) in [7, 11) is 1.82. The van der Waals surface area contributed by atoms with E-state index in [0.717, 1.165) is 18.5 Å². The van der Waals surface area contributed by atoms with Crippen LogP contribution in [-0.2, 0) is 4.74 Å². The molecule has 25 heavy (non-hydrogen) atoms. The highest BCUT2D eigenvalue weighted by Gasteiger charge is 2.22. The lowest BCUT2D eigenvalue weighted by Crippen LogP contribution is -2.42. The van der Waals surface area contributed by atoms with Crippen LogP contribution in [0.1, 0.15) is 12.8 Å². The largest absolute Gasteiger partial charge is 0.457 e. The highest BCUT2D eigenvalue weighted by molar-refractivity contribution is 6.30. The highest BCUT2D eigenvalue weighted by atomic mass is 35.5. The van der Waals surface area contributed by atoms with Crippen molar-refractivity contribution >= 4 is 23.3 Å². The average Bonchev–Trinajstić information content (AvgIpc) is 2.65. The Balaban J connectivity index is 1.56. The van der Waals surface area contributed by atoms with E-state index in [1.54, 1.807) is 29.2 Å². The Bertz CT molecular complexity index is 698. The van der Waals surface area contributed by atoms with Gasteiger partial charge in [0.2, 0.25) is 0 Å². The lowest BCUT2D eigenvalue weighted by atomic mass is 10.1. The maximum Gasteiger partial charge on any atom is 0.321 e. The number of hydrogen-bond acceptors (Lipinski definition) is 3. The second kappa shape index (κ2) is 8.23. The van der Waals surface area contributed by atoms with E-state index in [0.29, 0.717) is 29.7 Å². The second-order valence-corrected chi connectivity index (χ2v) is 6.40. The number of carbonyl (C=O) groups excluding carboxylic acids is 1.